The maximum absolute atomic E-state index is 14.1. The number of aliphatic hydroxyl groups excluding tert-OH is 1. The molecule has 1 aromatic carbocycles. The van der Waals surface area contributed by atoms with Crippen LogP contribution in [0.2, 0.25) is 0 Å². The smallest absolute Gasteiger partial charge is 0.273 e. The lowest BCUT2D eigenvalue weighted by molar-refractivity contribution is 0.0707. The number of pyridine rings is 1. The molecule has 0 aliphatic carbocycles. The van der Waals surface area contributed by atoms with Crippen LogP contribution in [0.25, 0.3) is 0 Å². The zero-order valence-electron chi connectivity index (χ0n) is 13.4. The number of amides is 1. The Hall–Kier alpha value is -2.85. The first-order chi connectivity index (χ1) is 11.9. The van der Waals surface area contributed by atoms with Gasteiger partial charge in [0, 0.05) is 12.1 Å². The molecule has 0 bridgehead atoms. The van der Waals surface area contributed by atoms with Gasteiger partial charge in [0.05, 0.1) is 23.4 Å². The molecule has 1 N–H and O–H groups in total. The number of hydrogen-bond acceptors (Lipinski definition) is 4. The van der Waals surface area contributed by atoms with Crippen molar-refractivity contribution in [2.24, 2.45) is 0 Å². The minimum Gasteiger partial charge on any atom is -0.391 e. The number of aliphatic hydroxyl groups is 1. The zero-order valence-corrected chi connectivity index (χ0v) is 13.4. The molecule has 128 valence electrons. The Morgan fingerprint density at radius 2 is 2.12 bits per heavy atom. The van der Waals surface area contributed by atoms with Crippen LogP contribution in [-0.4, -0.2) is 33.5 Å². The second-order valence-electron chi connectivity index (χ2n) is 5.97. The Balaban J connectivity index is 1.96. The van der Waals surface area contributed by atoms with Crippen molar-refractivity contribution in [1.29, 1.82) is 5.26 Å². The Morgan fingerprint density at radius 1 is 1.36 bits per heavy atom. The Morgan fingerprint density at radius 3 is 2.80 bits per heavy atom. The second kappa shape index (κ2) is 6.57. The first kappa shape index (κ1) is 17.0. The Kier molecular flexibility index (Phi) is 4.47. The van der Waals surface area contributed by atoms with Gasteiger partial charge in [-0.3, -0.25) is 4.79 Å². The number of carbonyl (C=O) groups excluding carboxylic acids is 1. The van der Waals surface area contributed by atoms with Crippen molar-refractivity contribution in [2.75, 3.05) is 6.54 Å². The molecule has 0 radical (unpaired) electrons. The molecule has 2 atom stereocenters. The van der Waals surface area contributed by atoms with Crippen LogP contribution in [0.5, 0.6) is 0 Å². The number of aromatic nitrogens is 1. The van der Waals surface area contributed by atoms with E-state index in [-0.39, 0.29) is 24.2 Å². The van der Waals surface area contributed by atoms with Crippen LogP contribution in [0.4, 0.5) is 8.78 Å². The van der Waals surface area contributed by atoms with Crippen LogP contribution in [0, 0.1) is 29.9 Å². The number of carbonyl (C=O) groups is 1. The Labute approximate surface area is 143 Å². The van der Waals surface area contributed by atoms with E-state index in [1.54, 1.807) is 6.92 Å². The minimum atomic E-state index is -0.837. The molecule has 1 aliphatic rings. The van der Waals surface area contributed by atoms with Gasteiger partial charge in [0.15, 0.2) is 0 Å². The molecule has 5 nitrogen and oxygen atoms in total. The van der Waals surface area contributed by atoms with Crippen molar-refractivity contribution in [2.45, 2.75) is 25.5 Å². The fourth-order valence-corrected chi connectivity index (χ4v) is 3.05. The van der Waals surface area contributed by atoms with Gasteiger partial charge in [-0.05, 0) is 43.7 Å². The summed E-state index contributed by atoms with van der Waals surface area (Å²) in [6, 6.07) is 7.13. The first-order valence-electron chi connectivity index (χ1n) is 7.72. The average molecular weight is 343 g/mol. The van der Waals surface area contributed by atoms with E-state index in [0.29, 0.717) is 11.3 Å². The minimum absolute atomic E-state index is 0.000181. The summed E-state index contributed by atoms with van der Waals surface area (Å²) in [5.74, 6) is -1.75. The summed E-state index contributed by atoms with van der Waals surface area (Å²) in [5.41, 5.74) is 0.870. The predicted molar refractivity (Wildman–Crippen MR) is 84.4 cm³/mol. The third-order valence-electron chi connectivity index (χ3n) is 4.28. The van der Waals surface area contributed by atoms with Crippen molar-refractivity contribution >= 4 is 5.91 Å². The molecule has 2 aromatic rings. The van der Waals surface area contributed by atoms with Gasteiger partial charge < -0.3 is 10.0 Å². The molecule has 0 saturated carbocycles. The lowest BCUT2D eigenvalue weighted by Crippen LogP contribution is -2.33. The molecule has 2 heterocycles. The molecule has 1 saturated heterocycles. The van der Waals surface area contributed by atoms with E-state index in [2.05, 4.69) is 4.98 Å². The number of aryl methyl sites for hydroxylation is 1. The quantitative estimate of drug-likeness (QED) is 0.909. The summed E-state index contributed by atoms with van der Waals surface area (Å²) in [6.07, 6.45) is -0.724. The van der Waals surface area contributed by atoms with Crippen LogP contribution < -0.4 is 0 Å². The van der Waals surface area contributed by atoms with Crippen LogP contribution in [0.15, 0.2) is 30.3 Å². The highest BCUT2D eigenvalue weighted by atomic mass is 19.1. The molecule has 1 aromatic heterocycles. The van der Waals surface area contributed by atoms with Crippen molar-refractivity contribution in [1.82, 2.24) is 9.88 Å². The first-order valence-corrected chi connectivity index (χ1v) is 7.72. The molecular formula is C18H15F2N3O2. The normalized spacial score (nSPS) is 19.7. The highest BCUT2D eigenvalue weighted by molar-refractivity contribution is 5.93. The molecule has 0 spiro atoms. The van der Waals surface area contributed by atoms with E-state index in [1.807, 2.05) is 6.07 Å². The van der Waals surface area contributed by atoms with E-state index in [1.165, 1.54) is 17.0 Å². The van der Waals surface area contributed by atoms with Crippen molar-refractivity contribution in [3.05, 3.63) is 64.5 Å². The molecule has 1 fully saturated rings. The van der Waals surface area contributed by atoms with E-state index in [4.69, 9.17) is 5.26 Å². The fourth-order valence-electron chi connectivity index (χ4n) is 3.05. The monoisotopic (exact) mass is 343 g/mol. The third kappa shape index (κ3) is 3.21. The van der Waals surface area contributed by atoms with E-state index in [9.17, 15) is 18.7 Å². The van der Waals surface area contributed by atoms with Gasteiger partial charge in [0.25, 0.3) is 5.91 Å². The second-order valence-corrected chi connectivity index (χ2v) is 5.97. The van der Waals surface area contributed by atoms with Crippen molar-refractivity contribution < 1.29 is 18.7 Å². The van der Waals surface area contributed by atoms with E-state index in [0.717, 1.165) is 18.2 Å². The maximum atomic E-state index is 14.1. The number of hydrogen-bond donors (Lipinski definition) is 1. The summed E-state index contributed by atoms with van der Waals surface area (Å²) in [5, 5.41) is 18.9. The molecular weight excluding hydrogens is 328 g/mol. The topological polar surface area (TPSA) is 77.2 Å². The highest BCUT2D eigenvalue weighted by Gasteiger charge is 2.37. The number of halogens is 2. The molecule has 1 aliphatic heterocycles. The van der Waals surface area contributed by atoms with Gasteiger partial charge in [0.1, 0.15) is 23.4 Å². The maximum Gasteiger partial charge on any atom is 0.273 e. The molecule has 3 rings (SSSR count). The Bertz CT molecular complexity index is 879. The lowest BCUT2D eigenvalue weighted by atomic mass is 10.0. The summed E-state index contributed by atoms with van der Waals surface area (Å²) < 4.78 is 27.6. The SMILES string of the molecule is Cc1nc(C(=O)N2C[C@H](O)C[C@H]2c2cc(F)ccc2F)ccc1C#N. The van der Waals surface area contributed by atoms with Crippen molar-refractivity contribution in [3.63, 3.8) is 0 Å². The van der Waals surface area contributed by atoms with Gasteiger partial charge in [-0.15, -0.1) is 0 Å². The number of nitriles is 1. The summed E-state index contributed by atoms with van der Waals surface area (Å²) in [7, 11) is 0. The van der Waals surface area contributed by atoms with Gasteiger partial charge >= 0.3 is 0 Å². The lowest BCUT2D eigenvalue weighted by Gasteiger charge is -2.25. The molecule has 1 amide bonds. The molecule has 25 heavy (non-hydrogen) atoms. The summed E-state index contributed by atoms with van der Waals surface area (Å²) in [4.78, 5) is 18.2. The highest BCUT2D eigenvalue weighted by Crippen LogP contribution is 2.35. The van der Waals surface area contributed by atoms with Gasteiger partial charge in [-0.25, -0.2) is 13.8 Å². The standard InChI is InChI=1S/C18H15F2N3O2/c1-10-11(8-21)2-5-16(22-10)18(25)23-9-13(24)7-17(23)14-6-12(19)3-4-15(14)20/h2-6,13,17,24H,7,9H2,1H3/t13-,17+/m1/s1. The van der Waals surface area contributed by atoms with Crippen LogP contribution >= 0.6 is 0 Å². The summed E-state index contributed by atoms with van der Waals surface area (Å²) in [6.45, 7) is 1.61. The van der Waals surface area contributed by atoms with E-state index < -0.39 is 29.7 Å². The number of nitrogens with zero attached hydrogens (tertiary/aromatic N) is 3. The van der Waals surface area contributed by atoms with Crippen LogP contribution in [0.1, 0.15) is 39.8 Å². The average Bonchev–Trinajstić information content (AvgIpc) is 2.97. The van der Waals surface area contributed by atoms with Gasteiger partial charge in [-0.2, -0.15) is 5.26 Å². The summed E-state index contributed by atoms with van der Waals surface area (Å²) >= 11 is 0. The number of rotatable bonds is 2. The largest absolute Gasteiger partial charge is 0.391 e. The van der Waals surface area contributed by atoms with Crippen LogP contribution in [-0.2, 0) is 0 Å². The number of likely N-dealkylation sites (tertiary alicyclic amines) is 1. The molecule has 0 unspecified atom stereocenters. The van der Waals surface area contributed by atoms with E-state index >= 15 is 0 Å². The van der Waals surface area contributed by atoms with Gasteiger partial charge in [-0.1, -0.05) is 0 Å². The molecule has 7 heteroatoms. The fraction of sp³-hybridized carbons (Fsp3) is 0.278. The van der Waals surface area contributed by atoms with Crippen molar-refractivity contribution in [3.8, 4) is 6.07 Å². The third-order valence-corrected chi connectivity index (χ3v) is 4.28. The van der Waals surface area contributed by atoms with Gasteiger partial charge in [0.2, 0.25) is 0 Å². The zero-order chi connectivity index (χ0) is 18.1. The number of benzene rings is 1. The number of β-amino-alcohol motifs (C(OH)–C–C–N with tert-alkyl or cyclic N) is 1. The predicted octanol–water partition coefficient (Wildman–Crippen LogP) is 2.49. The van der Waals surface area contributed by atoms with Crippen LogP contribution in [0.3, 0.4) is 0 Å².